The van der Waals surface area contributed by atoms with E-state index in [0.717, 1.165) is 0 Å². The molecule has 5 nitrogen and oxygen atoms in total. The number of carbonyl (C=O) groups is 1. The van der Waals surface area contributed by atoms with Gasteiger partial charge in [-0.1, -0.05) is 26.8 Å². The smallest absolute Gasteiger partial charge is 0.229 e. The minimum atomic E-state index is -3.07. The first-order valence-corrected chi connectivity index (χ1v) is 9.23. The molecule has 1 unspecified atom stereocenters. The van der Waals surface area contributed by atoms with E-state index in [1.165, 1.54) is 0 Å². The van der Waals surface area contributed by atoms with Gasteiger partial charge in [-0.3, -0.25) is 4.79 Å². The van der Waals surface area contributed by atoms with Crippen LogP contribution < -0.4 is 0 Å². The second-order valence-electron chi connectivity index (χ2n) is 6.99. The van der Waals surface area contributed by atoms with Gasteiger partial charge in [0.05, 0.1) is 29.6 Å². The van der Waals surface area contributed by atoms with Gasteiger partial charge in [0.2, 0.25) is 5.91 Å². The summed E-state index contributed by atoms with van der Waals surface area (Å²) in [5.74, 6) is -0.118. The lowest BCUT2D eigenvalue weighted by Crippen LogP contribution is -2.58. The topological polar surface area (TPSA) is 63.7 Å². The Labute approximate surface area is 127 Å². The van der Waals surface area contributed by atoms with E-state index >= 15 is 0 Å². The van der Waals surface area contributed by atoms with Crippen LogP contribution in [0, 0.1) is 11.3 Å². The molecule has 2 aliphatic rings. The highest BCUT2D eigenvalue weighted by molar-refractivity contribution is 7.91. The summed E-state index contributed by atoms with van der Waals surface area (Å²) in [5, 5.41) is 0. The SMILES string of the molecule is C=C[C@@H]1OCC[C@H]1C(=O)N1CCS(=O)(=O)CC1C(C)(C)C. The molecule has 0 saturated carbocycles. The minimum absolute atomic E-state index is 0.00669. The summed E-state index contributed by atoms with van der Waals surface area (Å²) >= 11 is 0. The van der Waals surface area contributed by atoms with Crippen molar-refractivity contribution in [3.63, 3.8) is 0 Å². The van der Waals surface area contributed by atoms with Crippen molar-refractivity contribution in [3.8, 4) is 0 Å². The van der Waals surface area contributed by atoms with Crippen LogP contribution in [0.3, 0.4) is 0 Å². The van der Waals surface area contributed by atoms with E-state index in [9.17, 15) is 13.2 Å². The van der Waals surface area contributed by atoms with Gasteiger partial charge in [0.25, 0.3) is 0 Å². The van der Waals surface area contributed by atoms with Crippen LogP contribution >= 0.6 is 0 Å². The summed E-state index contributed by atoms with van der Waals surface area (Å²) in [6.45, 7) is 10.5. The Hall–Kier alpha value is -0.880. The van der Waals surface area contributed by atoms with E-state index in [2.05, 4.69) is 6.58 Å². The van der Waals surface area contributed by atoms with Gasteiger partial charge in [0, 0.05) is 13.2 Å². The molecule has 0 radical (unpaired) electrons. The number of amides is 1. The zero-order chi connectivity index (χ0) is 15.8. The van der Waals surface area contributed by atoms with Crippen molar-refractivity contribution in [2.45, 2.75) is 39.3 Å². The third-order valence-electron chi connectivity index (χ3n) is 4.40. The van der Waals surface area contributed by atoms with E-state index in [-0.39, 0.29) is 47.4 Å². The molecule has 0 aromatic carbocycles. The van der Waals surface area contributed by atoms with Gasteiger partial charge in [0.15, 0.2) is 9.84 Å². The number of ether oxygens (including phenoxy) is 1. The lowest BCUT2D eigenvalue weighted by atomic mass is 9.85. The van der Waals surface area contributed by atoms with Gasteiger partial charge in [-0.15, -0.1) is 6.58 Å². The fraction of sp³-hybridized carbons (Fsp3) is 0.800. The van der Waals surface area contributed by atoms with Crippen molar-refractivity contribution in [3.05, 3.63) is 12.7 Å². The molecule has 0 spiro atoms. The Kier molecular flexibility index (Phi) is 4.49. The van der Waals surface area contributed by atoms with Crippen molar-refractivity contribution in [1.82, 2.24) is 4.90 Å². The number of carbonyl (C=O) groups excluding carboxylic acids is 1. The lowest BCUT2D eigenvalue weighted by Gasteiger charge is -2.44. The van der Waals surface area contributed by atoms with Crippen LogP contribution in [0.15, 0.2) is 12.7 Å². The molecule has 0 aromatic heterocycles. The number of sulfone groups is 1. The molecule has 120 valence electrons. The number of hydrogen-bond donors (Lipinski definition) is 0. The molecule has 6 heteroatoms. The molecule has 21 heavy (non-hydrogen) atoms. The van der Waals surface area contributed by atoms with Gasteiger partial charge in [-0.2, -0.15) is 0 Å². The maximum atomic E-state index is 12.8. The largest absolute Gasteiger partial charge is 0.373 e. The summed E-state index contributed by atoms with van der Waals surface area (Å²) in [6, 6.07) is -0.283. The zero-order valence-corrected chi connectivity index (χ0v) is 13.9. The lowest BCUT2D eigenvalue weighted by molar-refractivity contribution is -0.140. The number of nitrogens with zero attached hydrogens (tertiary/aromatic N) is 1. The Bertz CT molecular complexity index is 520. The van der Waals surface area contributed by atoms with Crippen LogP contribution in [0.1, 0.15) is 27.2 Å². The van der Waals surface area contributed by atoms with E-state index in [0.29, 0.717) is 13.0 Å². The first-order chi connectivity index (χ1) is 9.65. The third-order valence-corrected chi connectivity index (χ3v) is 6.03. The highest BCUT2D eigenvalue weighted by Crippen LogP contribution is 2.32. The van der Waals surface area contributed by atoms with Gasteiger partial charge >= 0.3 is 0 Å². The molecular formula is C15H25NO4S. The summed E-state index contributed by atoms with van der Waals surface area (Å²) < 4.78 is 29.4. The second-order valence-corrected chi connectivity index (χ2v) is 9.22. The van der Waals surface area contributed by atoms with Gasteiger partial charge in [-0.25, -0.2) is 8.42 Å². The Morgan fingerprint density at radius 1 is 1.38 bits per heavy atom. The summed E-state index contributed by atoms with van der Waals surface area (Å²) in [7, 11) is -3.07. The average Bonchev–Trinajstić information content (AvgIpc) is 2.84. The van der Waals surface area contributed by atoms with E-state index in [1.54, 1.807) is 11.0 Å². The maximum Gasteiger partial charge on any atom is 0.229 e. The van der Waals surface area contributed by atoms with Crippen LogP contribution in [0.5, 0.6) is 0 Å². The predicted octanol–water partition coefficient (Wildman–Crippen LogP) is 1.25. The fourth-order valence-electron chi connectivity index (χ4n) is 3.11. The van der Waals surface area contributed by atoms with Gasteiger partial charge in [0.1, 0.15) is 0 Å². The molecule has 2 saturated heterocycles. The molecule has 0 aliphatic carbocycles. The quantitative estimate of drug-likeness (QED) is 0.720. The Morgan fingerprint density at radius 2 is 2.05 bits per heavy atom. The van der Waals surface area contributed by atoms with E-state index in [4.69, 9.17) is 4.74 Å². The van der Waals surface area contributed by atoms with Crippen molar-refractivity contribution in [2.24, 2.45) is 11.3 Å². The normalized spacial score (nSPS) is 32.9. The van der Waals surface area contributed by atoms with Crippen LogP contribution in [0.2, 0.25) is 0 Å². The molecule has 1 amide bonds. The molecule has 0 bridgehead atoms. The van der Waals surface area contributed by atoms with Crippen molar-refractivity contribution >= 4 is 15.7 Å². The summed E-state index contributed by atoms with van der Waals surface area (Å²) in [6.07, 6.45) is 2.09. The minimum Gasteiger partial charge on any atom is -0.373 e. The molecule has 2 aliphatic heterocycles. The molecule has 3 atom stereocenters. The first-order valence-electron chi connectivity index (χ1n) is 7.41. The van der Waals surface area contributed by atoms with Crippen LogP contribution in [-0.2, 0) is 19.4 Å². The van der Waals surface area contributed by atoms with E-state index < -0.39 is 9.84 Å². The first kappa shape index (κ1) is 16.5. The number of rotatable bonds is 2. The predicted molar refractivity (Wildman–Crippen MR) is 81.7 cm³/mol. The van der Waals surface area contributed by atoms with Crippen LogP contribution in [-0.4, -0.2) is 56.0 Å². The zero-order valence-electron chi connectivity index (χ0n) is 13.0. The summed E-state index contributed by atoms with van der Waals surface area (Å²) in [4.78, 5) is 14.6. The van der Waals surface area contributed by atoms with Gasteiger partial charge < -0.3 is 9.64 Å². The molecule has 0 aromatic rings. The standard InChI is InChI=1S/C15H25NO4S/c1-5-12-11(6-8-20-12)14(17)16-7-9-21(18,19)10-13(16)15(2,3)4/h5,11-13H,1,6-10H2,2-4H3/t11-,12+,13?/m1/s1. The van der Waals surface area contributed by atoms with Crippen molar-refractivity contribution in [1.29, 1.82) is 0 Å². The maximum absolute atomic E-state index is 12.8. The van der Waals surface area contributed by atoms with Crippen LogP contribution in [0.25, 0.3) is 0 Å². The monoisotopic (exact) mass is 315 g/mol. The molecular weight excluding hydrogens is 290 g/mol. The third kappa shape index (κ3) is 3.48. The number of hydrogen-bond acceptors (Lipinski definition) is 4. The highest BCUT2D eigenvalue weighted by Gasteiger charge is 2.44. The average molecular weight is 315 g/mol. The molecule has 2 heterocycles. The fourth-order valence-corrected chi connectivity index (χ4v) is 4.91. The Morgan fingerprint density at radius 3 is 2.62 bits per heavy atom. The van der Waals surface area contributed by atoms with Crippen LogP contribution in [0.4, 0.5) is 0 Å². The second kappa shape index (κ2) is 5.72. The molecule has 2 fully saturated rings. The molecule has 2 rings (SSSR count). The Balaban J connectivity index is 2.24. The van der Waals surface area contributed by atoms with Crippen molar-refractivity contribution < 1.29 is 17.9 Å². The highest BCUT2D eigenvalue weighted by atomic mass is 32.2. The summed E-state index contributed by atoms with van der Waals surface area (Å²) in [5.41, 5.74) is -0.272. The van der Waals surface area contributed by atoms with Crippen molar-refractivity contribution in [2.75, 3.05) is 24.7 Å². The van der Waals surface area contributed by atoms with Gasteiger partial charge in [-0.05, 0) is 11.8 Å². The van der Waals surface area contributed by atoms with E-state index in [1.807, 2.05) is 20.8 Å². The molecule has 0 N–H and O–H groups in total.